The first kappa shape index (κ1) is 28.2. The maximum atomic E-state index is 13.1. The van der Waals surface area contributed by atoms with Crippen molar-refractivity contribution in [3.05, 3.63) is 58.1 Å². The number of benzene rings is 2. The number of amides is 1. The lowest BCUT2D eigenvalue weighted by molar-refractivity contribution is 0.00934. The van der Waals surface area contributed by atoms with Crippen molar-refractivity contribution < 1.29 is 23.1 Å². The minimum absolute atomic E-state index is 0.0877. The quantitative estimate of drug-likeness (QED) is 0.433. The Morgan fingerprint density at radius 3 is 2.62 bits per heavy atom. The van der Waals surface area contributed by atoms with Crippen LogP contribution in [0.5, 0.6) is 5.75 Å². The maximum Gasteiger partial charge on any atom is 0.264 e. The van der Waals surface area contributed by atoms with Crippen LogP contribution in [-0.2, 0) is 23.1 Å². The van der Waals surface area contributed by atoms with Crippen molar-refractivity contribution in [1.29, 1.82) is 0 Å². The fraction of sp³-hybridized carbons (Fsp3) is 0.567. The van der Waals surface area contributed by atoms with Gasteiger partial charge in [0, 0.05) is 23.7 Å². The monoisotopic (exact) mass is 574 g/mol. The molecule has 3 aliphatic rings. The van der Waals surface area contributed by atoms with Crippen molar-refractivity contribution in [3.8, 4) is 5.75 Å². The number of hydrogen-bond acceptors (Lipinski definition) is 6. The van der Waals surface area contributed by atoms with Crippen LogP contribution >= 0.6 is 11.6 Å². The first-order valence-electron chi connectivity index (χ1n) is 14.3. The Hall–Kier alpha value is -2.29. The van der Waals surface area contributed by atoms with Crippen LogP contribution in [0.25, 0.3) is 0 Å². The number of carbonyl (C=O) groups excluding carboxylic acids is 1. The van der Waals surface area contributed by atoms with E-state index in [1.807, 2.05) is 18.2 Å². The number of nitrogens with one attached hydrogen (secondary N) is 1. The van der Waals surface area contributed by atoms with Crippen LogP contribution in [0.3, 0.4) is 0 Å². The number of carbonyl (C=O) groups is 1. The molecule has 212 valence electrons. The maximum absolute atomic E-state index is 13.1. The number of sulfonamides is 1. The number of aryl methyl sites for hydroxylation is 1. The van der Waals surface area contributed by atoms with Crippen LogP contribution in [0.15, 0.2) is 36.4 Å². The molecule has 1 aliphatic carbocycles. The van der Waals surface area contributed by atoms with Crippen LogP contribution in [0, 0.1) is 11.8 Å². The molecule has 3 atom stereocenters. The van der Waals surface area contributed by atoms with Crippen LogP contribution in [-0.4, -0.2) is 44.4 Å². The van der Waals surface area contributed by atoms with Gasteiger partial charge in [0.05, 0.1) is 17.5 Å². The molecule has 1 fully saturated rings. The zero-order valence-electron chi connectivity index (χ0n) is 22.4. The van der Waals surface area contributed by atoms with Crippen LogP contribution in [0.1, 0.15) is 79.3 Å². The molecular formula is C30H39ClN2O5S. The molecule has 0 aromatic heterocycles. The van der Waals surface area contributed by atoms with Gasteiger partial charge in [-0.3, -0.25) is 4.79 Å². The third-order valence-corrected chi connectivity index (χ3v) is 10.1. The van der Waals surface area contributed by atoms with E-state index in [4.69, 9.17) is 16.3 Å². The SMILES string of the molecule is O=C1NS(=O)(=O)CCCCCC[C@@H](O)[C@@H]2CC[C@H]2CN2CCCCc3cc(Cl)ccc3COc3ccc1cc32. The van der Waals surface area contributed by atoms with E-state index < -0.39 is 15.9 Å². The summed E-state index contributed by atoms with van der Waals surface area (Å²) in [6.07, 6.45) is 8.33. The summed E-state index contributed by atoms with van der Waals surface area (Å²) in [5.74, 6) is 0.583. The van der Waals surface area contributed by atoms with E-state index in [0.717, 1.165) is 82.1 Å². The summed E-state index contributed by atoms with van der Waals surface area (Å²) < 4.78 is 33.9. The van der Waals surface area contributed by atoms with Crippen molar-refractivity contribution in [2.45, 2.75) is 76.9 Å². The molecule has 5 rings (SSSR count). The lowest BCUT2D eigenvalue weighted by atomic mass is 9.69. The van der Waals surface area contributed by atoms with Gasteiger partial charge in [0.25, 0.3) is 5.91 Å². The molecule has 2 aromatic carbocycles. The number of aliphatic hydroxyl groups excluding tert-OH is 1. The molecule has 1 saturated carbocycles. The largest absolute Gasteiger partial charge is 0.487 e. The van der Waals surface area contributed by atoms with Crippen molar-refractivity contribution in [2.75, 3.05) is 23.7 Å². The number of ether oxygens (including phenoxy) is 1. The molecule has 2 heterocycles. The standard InChI is InChI=1S/C30H39ClN2O5S/c31-25-12-9-24-20-38-29-14-11-22-18-27(29)33(15-5-4-7-21(24)17-25)19-23-10-13-26(23)28(34)8-3-1-2-6-16-39(36,37)32-30(22)35/h9,11-12,14,17-18,23,26,28,34H,1-8,10,13,15-16,19-20H2,(H,32,35)/t23-,26+,28+/m0/s1. The summed E-state index contributed by atoms with van der Waals surface area (Å²) in [5.41, 5.74) is 3.35. The summed E-state index contributed by atoms with van der Waals surface area (Å²) in [6.45, 7) is 1.91. The van der Waals surface area contributed by atoms with Gasteiger partial charge in [0.2, 0.25) is 10.0 Å². The smallest absolute Gasteiger partial charge is 0.264 e. The number of rotatable bonds is 0. The van der Waals surface area contributed by atoms with Crippen molar-refractivity contribution in [2.24, 2.45) is 11.8 Å². The Balaban J connectivity index is 1.49. The van der Waals surface area contributed by atoms with Gasteiger partial charge in [0.1, 0.15) is 12.4 Å². The highest BCUT2D eigenvalue weighted by molar-refractivity contribution is 7.90. The normalized spacial score (nSPS) is 26.4. The first-order valence-corrected chi connectivity index (χ1v) is 16.3. The molecule has 0 spiro atoms. The van der Waals surface area contributed by atoms with Crippen molar-refractivity contribution in [3.63, 3.8) is 0 Å². The third kappa shape index (κ3) is 7.08. The van der Waals surface area contributed by atoms with Crippen LogP contribution in [0.2, 0.25) is 5.02 Å². The molecule has 0 unspecified atom stereocenters. The second-order valence-electron chi connectivity index (χ2n) is 11.3. The molecule has 2 aliphatic heterocycles. The predicted molar refractivity (Wildman–Crippen MR) is 154 cm³/mol. The predicted octanol–water partition coefficient (Wildman–Crippen LogP) is 5.47. The Labute approximate surface area is 236 Å². The number of hydrogen-bond donors (Lipinski definition) is 2. The average molecular weight is 575 g/mol. The fourth-order valence-electron chi connectivity index (χ4n) is 6.16. The summed E-state index contributed by atoms with van der Waals surface area (Å²) in [4.78, 5) is 15.4. The van der Waals surface area contributed by atoms with E-state index in [2.05, 4.69) is 9.62 Å². The zero-order chi connectivity index (χ0) is 27.4. The minimum Gasteiger partial charge on any atom is -0.487 e. The van der Waals surface area contributed by atoms with E-state index in [1.165, 1.54) is 5.56 Å². The van der Waals surface area contributed by atoms with E-state index in [0.29, 0.717) is 35.3 Å². The van der Waals surface area contributed by atoms with Gasteiger partial charge in [0.15, 0.2) is 0 Å². The number of anilines is 1. The van der Waals surface area contributed by atoms with Gasteiger partial charge in [-0.2, -0.15) is 0 Å². The van der Waals surface area contributed by atoms with Crippen LogP contribution in [0.4, 0.5) is 5.69 Å². The number of aliphatic hydroxyl groups is 1. The highest BCUT2D eigenvalue weighted by Gasteiger charge is 2.37. The van der Waals surface area contributed by atoms with Crippen molar-refractivity contribution >= 4 is 33.2 Å². The van der Waals surface area contributed by atoms with Gasteiger partial charge in [-0.15, -0.1) is 0 Å². The Morgan fingerprint density at radius 1 is 0.949 bits per heavy atom. The van der Waals surface area contributed by atoms with Gasteiger partial charge >= 0.3 is 0 Å². The molecule has 2 N–H and O–H groups in total. The Bertz CT molecular complexity index is 1280. The number of nitrogens with zero attached hydrogens (tertiary/aromatic N) is 1. The second-order valence-corrected chi connectivity index (χ2v) is 13.6. The summed E-state index contributed by atoms with van der Waals surface area (Å²) in [6, 6.07) is 11.1. The molecule has 39 heavy (non-hydrogen) atoms. The van der Waals surface area contributed by atoms with Crippen molar-refractivity contribution in [1.82, 2.24) is 4.72 Å². The molecule has 9 heteroatoms. The molecule has 7 nitrogen and oxygen atoms in total. The van der Waals surface area contributed by atoms with Gasteiger partial charge in [-0.05, 0) is 98.2 Å². The first-order chi connectivity index (χ1) is 18.8. The molecule has 1 amide bonds. The van der Waals surface area contributed by atoms with Crippen LogP contribution < -0.4 is 14.4 Å². The summed E-state index contributed by atoms with van der Waals surface area (Å²) >= 11 is 6.29. The van der Waals surface area contributed by atoms with E-state index >= 15 is 0 Å². The van der Waals surface area contributed by atoms with E-state index in [1.54, 1.807) is 18.2 Å². The lowest BCUT2D eigenvalue weighted by Crippen LogP contribution is -2.43. The van der Waals surface area contributed by atoms with Gasteiger partial charge < -0.3 is 14.7 Å². The third-order valence-electron chi connectivity index (χ3n) is 8.57. The molecular weight excluding hydrogens is 536 g/mol. The molecule has 0 saturated heterocycles. The van der Waals surface area contributed by atoms with E-state index in [-0.39, 0.29) is 17.8 Å². The second kappa shape index (κ2) is 12.5. The van der Waals surface area contributed by atoms with Gasteiger partial charge in [-0.1, -0.05) is 36.9 Å². The van der Waals surface area contributed by atoms with Gasteiger partial charge in [-0.25, -0.2) is 13.1 Å². The zero-order valence-corrected chi connectivity index (χ0v) is 24.0. The fourth-order valence-corrected chi connectivity index (χ4v) is 7.44. The summed E-state index contributed by atoms with van der Waals surface area (Å²) in [5, 5.41) is 11.7. The highest BCUT2D eigenvalue weighted by Crippen LogP contribution is 2.41. The van der Waals surface area contributed by atoms with E-state index in [9.17, 15) is 18.3 Å². The Morgan fingerprint density at radius 2 is 1.79 bits per heavy atom. The average Bonchev–Trinajstić information content (AvgIpc) is 2.91. The summed E-state index contributed by atoms with van der Waals surface area (Å²) in [7, 11) is -3.74. The molecule has 2 bridgehead atoms. The number of halogens is 1. The molecule has 0 radical (unpaired) electrons. The molecule has 2 aromatic rings. The minimum atomic E-state index is -3.74. The highest BCUT2D eigenvalue weighted by atomic mass is 35.5. The Kier molecular flexibility index (Phi) is 9.04. The topological polar surface area (TPSA) is 95.9 Å². The number of fused-ring (bicyclic) bond motifs is 3. The lowest BCUT2D eigenvalue weighted by Gasteiger charge is -2.43.